The van der Waals surface area contributed by atoms with E-state index in [2.05, 4.69) is 10.6 Å². The second kappa shape index (κ2) is 8.49. The van der Waals surface area contributed by atoms with Crippen molar-refractivity contribution in [2.75, 3.05) is 11.1 Å². The summed E-state index contributed by atoms with van der Waals surface area (Å²) in [6.07, 6.45) is 1.62. The SMILES string of the molecule is Nc1ccccc1NC(=O)/C(=C\c1ccccc1)NC(=O)c1ccccc1. The van der Waals surface area contributed by atoms with Crippen LogP contribution in [0, 0.1) is 0 Å². The second-order valence-corrected chi connectivity index (χ2v) is 5.83. The zero-order chi connectivity index (χ0) is 19.1. The number of benzene rings is 3. The van der Waals surface area contributed by atoms with Gasteiger partial charge in [-0.3, -0.25) is 9.59 Å². The van der Waals surface area contributed by atoms with E-state index in [1.807, 2.05) is 36.4 Å². The smallest absolute Gasteiger partial charge is 0.272 e. The van der Waals surface area contributed by atoms with E-state index in [4.69, 9.17) is 5.73 Å². The van der Waals surface area contributed by atoms with Crippen LogP contribution in [0.1, 0.15) is 15.9 Å². The van der Waals surface area contributed by atoms with Crippen molar-refractivity contribution in [2.45, 2.75) is 0 Å². The molecule has 4 N–H and O–H groups in total. The largest absolute Gasteiger partial charge is 0.397 e. The average Bonchev–Trinajstić information content (AvgIpc) is 2.70. The van der Waals surface area contributed by atoms with E-state index < -0.39 is 5.91 Å². The number of nitrogens with one attached hydrogen (secondary N) is 2. The second-order valence-electron chi connectivity index (χ2n) is 5.83. The highest BCUT2D eigenvalue weighted by Gasteiger charge is 2.15. The third kappa shape index (κ3) is 4.83. The van der Waals surface area contributed by atoms with Crippen molar-refractivity contribution in [1.29, 1.82) is 0 Å². The number of para-hydroxylation sites is 2. The molecule has 0 atom stereocenters. The minimum Gasteiger partial charge on any atom is -0.397 e. The maximum atomic E-state index is 12.8. The minimum absolute atomic E-state index is 0.123. The molecule has 3 rings (SSSR count). The standard InChI is InChI=1S/C22H19N3O2/c23-18-13-7-8-14-19(18)24-22(27)20(15-16-9-3-1-4-10-16)25-21(26)17-11-5-2-6-12-17/h1-15H,23H2,(H,24,27)(H,25,26)/b20-15+. The number of anilines is 2. The van der Waals surface area contributed by atoms with Gasteiger partial charge in [0, 0.05) is 5.56 Å². The molecule has 0 aliphatic carbocycles. The number of hydrogen-bond acceptors (Lipinski definition) is 3. The van der Waals surface area contributed by atoms with Gasteiger partial charge in [-0.1, -0.05) is 60.7 Å². The van der Waals surface area contributed by atoms with Gasteiger partial charge in [0.1, 0.15) is 5.70 Å². The first kappa shape index (κ1) is 17.9. The Bertz CT molecular complexity index is 967. The van der Waals surface area contributed by atoms with Gasteiger partial charge in [0.05, 0.1) is 11.4 Å². The van der Waals surface area contributed by atoms with Crippen molar-refractivity contribution in [1.82, 2.24) is 5.32 Å². The molecule has 0 fully saturated rings. The Labute approximate surface area is 157 Å². The van der Waals surface area contributed by atoms with Crippen molar-refractivity contribution in [3.63, 3.8) is 0 Å². The van der Waals surface area contributed by atoms with E-state index in [0.29, 0.717) is 16.9 Å². The van der Waals surface area contributed by atoms with E-state index >= 15 is 0 Å². The summed E-state index contributed by atoms with van der Waals surface area (Å²) in [7, 11) is 0. The predicted octanol–water partition coefficient (Wildman–Crippen LogP) is 3.68. The summed E-state index contributed by atoms with van der Waals surface area (Å²) in [5.74, 6) is -0.824. The molecule has 134 valence electrons. The van der Waals surface area contributed by atoms with Crippen LogP contribution in [0.4, 0.5) is 11.4 Å². The highest BCUT2D eigenvalue weighted by molar-refractivity contribution is 6.11. The van der Waals surface area contributed by atoms with Gasteiger partial charge in [-0.15, -0.1) is 0 Å². The first-order valence-electron chi connectivity index (χ1n) is 8.42. The van der Waals surface area contributed by atoms with E-state index in [9.17, 15) is 9.59 Å². The van der Waals surface area contributed by atoms with Gasteiger partial charge in [-0.05, 0) is 35.9 Å². The molecule has 0 aliphatic rings. The molecule has 0 heterocycles. The molecule has 5 nitrogen and oxygen atoms in total. The van der Waals surface area contributed by atoms with Gasteiger partial charge >= 0.3 is 0 Å². The summed E-state index contributed by atoms with van der Waals surface area (Å²) in [5.41, 5.74) is 8.19. The summed E-state index contributed by atoms with van der Waals surface area (Å²) in [6, 6.07) is 24.9. The monoisotopic (exact) mass is 357 g/mol. The summed E-state index contributed by atoms with van der Waals surface area (Å²) in [5, 5.41) is 5.43. The Kier molecular flexibility index (Phi) is 5.64. The first-order chi connectivity index (χ1) is 13.1. The van der Waals surface area contributed by atoms with Crippen molar-refractivity contribution in [3.8, 4) is 0 Å². The van der Waals surface area contributed by atoms with Crippen LogP contribution in [0.3, 0.4) is 0 Å². The maximum absolute atomic E-state index is 12.8. The van der Waals surface area contributed by atoms with Crippen LogP contribution in [0.15, 0.2) is 90.6 Å². The number of rotatable bonds is 5. The molecule has 0 saturated heterocycles. The lowest BCUT2D eigenvalue weighted by molar-refractivity contribution is -0.113. The van der Waals surface area contributed by atoms with Crippen LogP contribution in [0.2, 0.25) is 0 Å². The molecule has 3 aromatic rings. The van der Waals surface area contributed by atoms with E-state index in [1.165, 1.54) is 0 Å². The average molecular weight is 357 g/mol. The van der Waals surface area contributed by atoms with Crippen molar-refractivity contribution in [3.05, 3.63) is 102 Å². The van der Waals surface area contributed by atoms with Gasteiger partial charge < -0.3 is 16.4 Å². The Morgan fingerprint density at radius 1 is 0.778 bits per heavy atom. The summed E-state index contributed by atoms with van der Waals surface area (Å²) >= 11 is 0. The van der Waals surface area contributed by atoms with E-state index in [-0.39, 0.29) is 11.6 Å². The molecule has 5 heteroatoms. The van der Waals surface area contributed by atoms with Crippen LogP contribution < -0.4 is 16.4 Å². The summed E-state index contributed by atoms with van der Waals surface area (Å²) in [6.45, 7) is 0. The number of carbonyl (C=O) groups is 2. The van der Waals surface area contributed by atoms with E-state index in [1.54, 1.807) is 54.6 Å². The number of nitrogens with two attached hydrogens (primary N) is 1. The molecule has 3 aromatic carbocycles. The lowest BCUT2D eigenvalue weighted by Crippen LogP contribution is -2.30. The van der Waals surface area contributed by atoms with Crippen LogP contribution in [0.5, 0.6) is 0 Å². The fourth-order valence-electron chi connectivity index (χ4n) is 2.46. The van der Waals surface area contributed by atoms with Crippen molar-refractivity contribution >= 4 is 29.3 Å². The summed E-state index contributed by atoms with van der Waals surface area (Å²) in [4.78, 5) is 25.3. The third-order valence-corrected chi connectivity index (χ3v) is 3.85. The van der Waals surface area contributed by atoms with Crippen LogP contribution >= 0.6 is 0 Å². The van der Waals surface area contributed by atoms with Gasteiger partial charge in [0.25, 0.3) is 11.8 Å². The van der Waals surface area contributed by atoms with Crippen molar-refractivity contribution < 1.29 is 9.59 Å². The molecule has 27 heavy (non-hydrogen) atoms. The molecular weight excluding hydrogens is 338 g/mol. The number of carbonyl (C=O) groups excluding carboxylic acids is 2. The molecule has 0 spiro atoms. The molecule has 0 radical (unpaired) electrons. The lowest BCUT2D eigenvalue weighted by Gasteiger charge is -2.12. The van der Waals surface area contributed by atoms with E-state index in [0.717, 1.165) is 5.56 Å². The zero-order valence-electron chi connectivity index (χ0n) is 14.6. The first-order valence-corrected chi connectivity index (χ1v) is 8.42. The minimum atomic E-state index is -0.457. The van der Waals surface area contributed by atoms with Gasteiger partial charge in [0.2, 0.25) is 0 Å². The lowest BCUT2D eigenvalue weighted by atomic mass is 10.1. The molecule has 0 aromatic heterocycles. The van der Waals surface area contributed by atoms with Gasteiger partial charge in [-0.25, -0.2) is 0 Å². The molecule has 0 bridgehead atoms. The van der Waals surface area contributed by atoms with Gasteiger partial charge in [0.15, 0.2) is 0 Å². The zero-order valence-corrected chi connectivity index (χ0v) is 14.6. The number of hydrogen-bond donors (Lipinski definition) is 3. The van der Waals surface area contributed by atoms with Crippen LogP contribution in [-0.4, -0.2) is 11.8 Å². The maximum Gasteiger partial charge on any atom is 0.272 e. The Morgan fingerprint density at radius 2 is 1.37 bits per heavy atom. The molecular formula is C22H19N3O2. The fourth-order valence-corrected chi connectivity index (χ4v) is 2.46. The molecule has 2 amide bonds. The predicted molar refractivity (Wildman–Crippen MR) is 108 cm³/mol. The quantitative estimate of drug-likeness (QED) is 0.481. The van der Waals surface area contributed by atoms with Crippen LogP contribution in [-0.2, 0) is 4.79 Å². The Morgan fingerprint density at radius 3 is 2.04 bits per heavy atom. The topological polar surface area (TPSA) is 84.2 Å². The molecule has 0 saturated carbocycles. The third-order valence-electron chi connectivity index (χ3n) is 3.85. The normalized spacial score (nSPS) is 10.9. The Balaban J connectivity index is 1.88. The van der Waals surface area contributed by atoms with Crippen molar-refractivity contribution in [2.24, 2.45) is 0 Å². The highest BCUT2D eigenvalue weighted by Crippen LogP contribution is 2.18. The van der Waals surface area contributed by atoms with Crippen LogP contribution in [0.25, 0.3) is 6.08 Å². The van der Waals surface area contributed by atoms with Gasteiger partial charge in [-0.2, -0.15) is 0 Å². The number of nitrogen functional groups attached to an aromatic ring is 1. The molecule has 0 aliphatic heterocycles. The highest BCUT2D eigenvalue weighted by atomic mass is 16.2. The number of amides is 2. The fraction of sp³-hybridized carbons (Fsp3) is 0. The molecule has 0 unspecified atom stereocenters. The summed E-state index contributed by atoms with van der Waals surface area (Å²) < 4.78 is 0. The Hall–Kier alpha value is -3.86.